The first-order valence-electron chi connectivity index (χ1n) is 6.28. The molecule has 0 bridgehead atoms. The van der Waals surface area contributed by atoms with Crippen LogP contribution in [0.5, 0.6) is 0 Å². The summed E-state index contributed by atoms with van der Waals surface area (Å²) in [4.78, 5) is 0. The van der Waals surface area contributed by atoms with Gasteiger partial charge >= 0.3 is 0 Å². The Kier molecular flexibility index (Phi) is 2.75. The third kappa shape index (κ3) is 1.86. The second-order valence-corrected chi connectivity index (χ2v) is 4.83. The Bertz CT molecular complexity index is 581. The summed E-state index contributed by atoms with van der Waals surface area (Å²) < 4.78 is 13.0. The van der Waals surface area contributed by atoms with E-state index in [2.05, 4.69) is 30.8 Å². The number of fused-ring (bicyclic) bond motifs is 1. The van der Waals surface area contributed by atoms with Gasteiger partial charge in [-0.3, -0.25) is 0 Å². The molecule has 0 spiro atoms. The molecule has 0 aromatic heterocycles. The van der Waals surface area contributed by atoms with Crippen LogP contribution in [0.1, 0.15) is 29.0 Å². The van der Waals surface area contributed by atoms with Crippen molar-refractivity contribution in [2.75, 3.05) is 0 Å². The van der Waals surface area contributed by atoms with E-state index in [1.54, 1.807) is 0 Å². The molecule has 0 N–H and O–H groups in total. The molecule has 1 aliphatic rings. The predicted molar refractivity (Wildman–Crippen MR) is 72.9 cm³/mol. The van der Waals surface area contributed by atoms with Gasteiger partial charge in [0.2, 0.25) is 0 Å². The van der Waals surface area contributed by atoms with E-state index in [0.29, 0.717) is 5.92 Å². The van der Waals surface area contributed by atoms with E-state index in [4.69, 9.17) is 0 Å². The molecule has 1 aliphatic carbocycles. The molecule has 0 aliphatic heterocycles. The summed E-state index contributed by atoms with van der Waals surface area (Å²) >= 11 is 0. The van der Waals surface area contributed by atoms with Gasteiger partial charge in [-0.05, 0) is 47.2 Å². The lowest BCUT2D eigenvalue weighted by Gasteiger charge is -2.27. The van der Waals surface area contributed by atoms with Crippen molar-refractivity contribution < 1.29 is 4.39 Å². The number of hydrogen-bond acceptors (Lipinski definition) is 0. The minimum atomic E-state index is -0.180. The van der Waals surface area contributed by atoms with Crippen LogP contribution in [0.3, 0.4) is 0 Å². The van der Waals surface area contributed by atoms with Crippen LogP contribution in [0.2, 0.25) is 0 Å². The van der Waals surface area contributed by atoms with Crippen molar-refractivity contribution in [3.63, 3.8) is 0 Å². The number of halogens is 1. The molecule has 0 unspecified atom stereocenters. The van der Waals surface area contributed by atoms with Crippen molar-refractivity contribution in [1.82, 2.24) is 0 Å². The van der Waals surface area contributed by atoms with Crippen molar-refractivity contribution in [1.29, 1.82) is 0 Å². The molecular formula is C17H15F. The summed E-state index contributed by atoms with van der Waals surface area (Å²) in [6, 6.07) is 15.2. The monoisotopic (exact) mass is 238 g/mol. The van der Waals surface area contributed by atoms with Crippen LogP contribution < -0.4 is 0 Å². The molecule has 0 amide bonds. The Morgan fingerprint density at radius 1 is 1.00 bits per heavy atom. The molecule has 1 atom stereocenters. The van der Waals surface area contributed by atoms with Gasteiger partial charge in [-0.2, -0.15) is 0 Å². The number of rotatable bonds is 1. The average Bonchev–Trinajstić information content (AvgIpc) is 2.41. The summed E-state index contributed by atoms with van der Waals surface area (Å²) in [6.45, 7) is 4.24. The van der Waals surface area contributed by atoms with Crippen LogP contribution in [-0.2, 0) is 6.42 Å². The SMILES string of the molecule is C=C1c2ccccc2CC[C@H]1c1ccc(F)cc1. The maximum atomic E-state index is 13.0. The number of allylic oxidation sites excluding steroid dienone is 1. The Hall–Kier alpha value is -1.89. The first-order valence-corrected chi connectivity index (χ1v) is 6.28. The predicted octanol–water partition coefficient (Wildman–Crippen LogP) is 4.57. The fourth-order valence-electron chi connectivity index (χ4n) is 2.78. The molecule has 0 radical (unpaired) electrons. The molecular weight excluding hydrogens is 223 g/mol. The van der Waals surface area contributed by atoms with Crippen LogP contribution in [0.25, 0.3) is 5.57 Å². The highest BCUT2D eigenvalue weighted by molar-refractivity contribution is 5.73. The maximum Gasteiger partial charge on any atom is 0.123 e. The highest BCUT2D eigenvalue weighted by atomic mass is 19.1. The highest BCUT2D eigenvalue weighted by Gasteiger charge is 2.23. The number of hydrogen-bond donors (Lipinski definition) is 0. The van der Waals surface area contributed by atoms with Crippen LogP contribution >= 0.6 is 0 Å². The van der Waals surface area contributed by atoms with Gasteiger partial charge in [0.25, 0.3) is 0 Å². The molecule has 90 valence electrons. The zero-order valence-electron chi connectivity index (χ0n) is 10.2. The Labute approximate surface area is 107 Å². The second kappa shape index (κ2) is 4.41. The molecule has 0 saturated carbocycles. The van der Waals surface area contributed by atoms with Gasteiger partial charge < -0.3 is 0 Å². The lowest BCUT2D eigenvalue weighted by atomic mass is 9.77. The Morgan fingerprint density at radius 2 is 1.72 bits per heavy atom. The molecule has 0 heterocycles. The molecule has 1 heteroatoms. The standard InChI is InChI=1S/C17H15F/c1-12-16-5-3-2-4-13(16)8-11-17(12)14-6-9-15(18)10-7-14/h2-7,9-10,17H,1,8,11H2/t17-/m1/s1. The van der Waals surface area contributed by atoms with E-state index in [1.807, 2.05) is 12.1 Å². The summed E-state index contributed by atoms with van der Waals surface area (Å²) in [5.74, 6) is 0.140. The molecule has 2 aromatic carbocycles. The molecule has 0 nitrogen and oxygen atoms in total. The average molecular weight is 238 g/mol. The van der Waals surface area contributed by atoms with Gasteiger partial charge in [0.05, 0.1) is 0 Å². The normalized spacial score (nSPS) is 18.5. The zero-order chi connectivity index (χ0) is 12.5. The molecule has 18 heavy (non-hydrogen) atoms. The maximum absolute atomic E-state index is 13.0. The van der Waals surface area contributed by atoms with Gasteiger partial charge in [-0.15, -0.1) is 0 Å². The quantitative estimate of drug-likeness (QED) is 0.682. The second-order valence-electron chi connectivity index (χ2n) is 4.83. The van der Waals surface area contributed by atoms with E-state index in [-0.39, 0.29) is 5.82 Å². The van der Waals surface area contributed by atoms with Gasteiger partial charge in [-0.1, -0.05) is 43.0 Å². The van der Waals surface area contributed by atoms with E-state index in [9.17, 15) is 4.39 Å². The topological polar surface area (TPSA) is 0 Å². The third-order valence-electron chi connectivity index (χ3n) is 3.76. The van der Waals surface area contributed by atoms with E-state index < -0.39 is 0 Å². The molecule has 0 saturated heterocycles. The Morgan fingerprint density at radius 3 is 2.50 bits per heavy atom. The van der Waals surface area contributed by atoms with Crippen molar-refractivity contribution in [2.45, 2.75) is 18.8 Å². The van der Waals surface area contributed by atoms with Crippen LogP contribution in [0, 0.1) is 5.82 Å². The summed E-state index contributed by atoms with van der Waals surface area (Å²) in [5.41, 5.74) is 4.96. The lowest BCUT2D eigenvalue weighted by molar-refractivity contribution is 0.625. The molecule has 3 rings (SSSR count). The summed E-state index contributed by atoms with van der Waals surface area (Å²) in [7, 11) is 0. The third-order valence-corrected chi connectivity index (χ3v) is 3.76. The zero-order valence-corrected chi connectivity index (χ0v) is 10.2. The fourth-order valence-corrected chi connectivity index (χ4v) is 2.78. The van der Waals surface area contributed by atoms with Crippen LogP contribution in [-0.4, -0.2) is 0 Å². The number of aryl methyl sites for hydroxylation is 1. The van der Waals surface area contributed by atoms with Gasteiger partial charge in [0, 0.05) is 5.92 Å². The first-order chi connectivity index (χ1) is 8.75. The van der Waals surface area contributed by atoms with E-state index >= 15 is 0 Å². The smallest absolute Gasteiger partial charge is 0.123 e. The molecule has 0 fully saturated rings. The summed E-state index contributed by atoms with van der Waals surface area (Å²) in [6.07, 6.45) is 2.12. The minimum absolute atomic E-state index is 0.180. The van der Waals surface area contributed by atoms with Crippen molar-refractivity contribution in [3.8, 4) is 0 Å². The van der Waals surface area contributed by atoms with E-state index in [0.717, 1.165) is 24.0 Å². The van der Waals surface area contributed by atoms with Crippen LogP contribution in [0.4, 0.5) is 4.39 Å². The van der Waals surface area contributed by atoms with Crippen molar-refractivity contribution in [3.05, 3.63) is 77.6 Å². The first kappa shape index (κ1) is 11.2. The largest absolute Gasteiger partial charge is 0.207 e. The van der Waals surface area contributed by atoms with Gasteiger partial charge in [-0.25, -0.2) is 4.39 Å². The van der Waals surface area contributed by atoms with Crippen LogP contribution in [0.15, 0.2) is 55.1 Å². The van der Waals surface area contributed by atoms with E-state index in [1.165, 1.54) is 23.3 Å². The minimum Gasteiger partial charge on any atom is -0.207 e. The van der Waals surface area contributed by atoms with Gasteiger partial charge in [0.1, 0.15) is 5.82 Å². The Balaban J connectivity index is 1.97. The molecule has 2 aromatic rings. The fraction of sp³-hybridized carbons (Fsp3) is 0.176. The van der Waals surface area contributed by atoms with Crippen molar-refractivity contribution in [2.24, 2.45) is 0 Å². The highest BCUT2D eigenvalue weighted by Crippen LogP contribution is 2.40. The summed E-state index contributed by atoms with van der Waals surface area (Å²) in [5, 5.41) is 0. The number of benzene rings is 2. The lowest BCUT2D eigenvalue weighted by Crippen LogP contribution is -2.11. The van der Waals surface area contributed by atoms with Crippen molar-refractivity contribution >= 4 is 5.57 Å². The van der Waals surface area contributed by atoms with Gasteiger partial charge in [0.15, 0.2) is 0 Å².